The summed E-state index contributed by atoms with van der Waals surface area (Å²) < 4.78 is 5.83. The average molecular weight is 352 g/mol. The predicted octanol–water partition coefficient (Wildman–Crippen LogP) is 2.45. The van der Waals surface area contributed by atoms with E-state index in [4.69, 9.17) is 4.74 Å². The molecule has 1 aliphatic rings. The number of nitrogens with one attached hydrogen (secondary N) is 2. The summed E-state index contributed by atoms with van der Waals surface area (Å²) in [7, 11) is 0. The number of hydrogen-bond acceptors (Lipinski definition) is 6. The molecule has 1 saturated heterocycles. The number of aromatic nitrogens is 4. The third kappa shape index (κ3) is 4.17. The van der Waals surface area contributed by atoms with E-state index in [2.05, 4.69) is 42.5 Å². The van der Waals surface area contributed by atoms with Crippen LogP contribution in [-0.2, 0) is 11.3 Å². The number of aromatic amines is 1. The van der Waals surface area contributed by atoms with Crippen LogP contribution in [0.4, 0.5) is 5.82 Å². The van der Waals surface area contributed by atoms with Crippen LogP contribution in [0, 0.1) is 0 Å². The van der Waals surface area contributed by atoms with Crippen LogP contribution >= 0.6 is 0 Å². The van der Waals surface area contributed by atoms with E-state index in [1.54, 1.807) is 12.5 Å². The zero-order chi connectivity index (χ0) is 17.6. The summed E-state index contributed by atoms with van der Waals surface area (Å²) in [5, 5.41) is 11.4. The Hall–Kier alpha value is -2.51. The summed E-state index contributed by atoms with van der Waals surface area (Å²) in [5.74, 6) is 0.857. The number of H-pyrrole nitrogens is 1. The Morgan fingerprint density at radius 2 is 2.15 bits per heavy atom. The molecule has 26 heavy (non-hydrogen) atoms. The van der Waals surface area contributed by atoms with Gasteiger partial charge in [-0.25, -0.2) is 9.97 Å². The van der Waals surface area contributed by atoms with Gasteiger partial charge in [-0.3, -0.25) is 10.00 Å². The van der Waals surface area contributed by atoms with Crippen LogP contribution in [0.5, 0.6) is 0 Å². The van der Waals surface area contributed by atoms with E-state index in [1.165, 1.54) is 12.0 Å². The standard InChI is InChI=1S/C19H24N6O/c1-2-5-15(6-3-1)13-26-10-9-25-8-4-7-16(12-25)23-18-17-11-22-24-19(17)21-14-20-18/h1-3,5-6,11,14,16H,4,7-10,12-13H2,(H2,20,21,22,23,24). The van der Waals surface area contributed by atoms with Crippen LogP contribution in [-0.4, -0.2) is 57.3 Å². The Bertz CT molecular complexity index is 821. The molecule has 0 bridgehead atoms. The maximum Gasteiger partial charge on any atom is 0.160 e. The molecule has 7 nitrogen and oxygen atoms in total. The third-order valence-corrected chi connectivity index (χ3v) is 4.76. The summed E-state index contributed by atoms with van der Waals surface area (Å²) >= 11 is 0. The van der Waals surface area contributed by atoms with Gasteiger partial charge < -0.3 is 10.1 Å². The maximum atomic E-state index is 5.83. The first-order valence-corrected chi connectivity index (χ1v) is 9.13. The monoisotopic (exact) mass is 352 g/mol. The summed E-state index contributed by atoms with van der Waals surface area (Å²) in [6.45, 7) is 4.50. The minimum atomic E-state index is 0.380. The molecule has 4 rings (SSSR count). The lowest BCUT2D eigenvalue weighted by molar-refractivity contribution is 0.0845. The summed E-state index contributed by atoms with van der Waals surface area (Å²) in [6.07, 6.45) is 5.66. The topological polar surface area (TPSA) is 79.0 Å². The molecule has 3 aromatic rings. The smallest absolute Gasteiger partial charge is 0.160 e. The fourth-order valence-electron chi connectivity index (χ4n) is 3.41. The van der Waals surface area contributed by atoms with Crippen molar-refractivity contribution in [3.8, 4) is 0 Å². The molecule has 0 radical (unpaired) electrons. The minimum absolute atomic E-state index is 0.380. The van der Waals surface area contributed by atoms with E-state index < -0.39 is 0 Å². The Kier molecular flexibility index (Phi) is 5.37. The van der Waals surface area contributed by atoms with Crippen molar-refractivity contribution < 1.29 is 4.74 Å². The lowest BCUT2D eigenvalue weighted by Crippen LogP contribution is -2.43. The SMILES string of the molecule is c1ccc(COCCN2CCCC(Nc3ncnc4[nH]ncc34)C2)cc1. The molecule has 2 N–H and O–H groups in total. The zero-order valence-corrected chi connectivity index (χ0v) is 14.8. The van der Waals surface area contributed by atoms with Gasteiger partial charge in [-0.15, -0.1) is 0 Å². The van der Waals surface area contributed by atoms with Gasteiger partial charge in [0.15, 0.2) is 5.65 Å². The highest BCUT2D eigenvalue weighted by Crippen LogP contribution is 2.20. The van der Waals surface area contributed by atoms with Gasteiger partial charge in [0.1, 0.15) is 12.1 Å². The van der Waals surface area contributed by atoms with Crippen molar-refractivity contribution in [3.63, 3.8) is 0 Å². The number of hydrogen-bond donors (Lipinski definition) is 2. The zero-order valence-electron chi connectivity index (χ0n) is 14.8. The van der Waals surface area contributed by atoms with E-state index in [1.807, 2.05) is 18.2 Å². The van der Waals surface area contributed by atoms with Gasteiger partial charge in [0.05, 0.1) is 24.8 Å². The van der Waals surface area contributed by atoms with Crippen molar-refractivity contribution in [2.75, 3.05) is 31.6 Å². The first-order chi connectivity index (χ1) is 12.9. The highest BCUT2D eigenvalue weighted by Gasteiger charge is 2.20. The molecular weight excluding hydrogens is 328 g/mol. The van der Waals surface area contributed by atoms with Gasteiger partial charge in [-0.05, 0) is 24.9 Å². The fourth-order valence-corrected chi connectivity index (χ4v) is 3.41. The van der Waals surface area contributed by atoms with E-state index in [0.717, 1.165) is 49.5 Å². The molecule has 2 aromatic heterocycles. The molecule has 1 aliphatic heterocycles. The van der Waals surface area contributed by atoms with E-state index in [-0.39, 0.29) is 0 Å². The van der Waals surface area contributed by atoms with Crippen molar-refractivity contribution in [2.24, 2.45) is 0 Å². The van der Waals surface area contributed by atoms with Gasteiger partial charge in [0.2, 0.25) is 0 Å². The molecule has 136 valence electrons. The molecule has 0 aliphatic carbocycles. The molecule has 0 amide bonds. The Morgan fingerprint density at radius 1 is 1.23 bits per heavy atom. The molecule has 0 saturated carbocycles. The summed E-state index contributed by atoms with van der Waals surface area (Å²) in [6, 6.07) is 10.7. The quantitative estimate of drug-likeness (QED) is 0.636. The van der Waals surface area contributed by atoms with Gasteiger partial charge >= 0.3 is 0 Å². The highest BCUT2D eigenvalue weighted by molar-refractivity contribution is 5.85. The summed E-state index contributed by atoms with van der Waals surface area (Å²) in [4.78, 5) is 11.0. The lowest BCUT2D eigenvalue weighted by atomic mass is 10.1. The van der Waals surface area contributed by atoms with Crippen LogP contribution < -0.4 is 5.32 Å². The van der Waals surface area contributed by atoms with Gasteiger partial charge in [-0.2, -0.15) is 5.10 Å². The van der Waals surface area contributed by atoms with E-state index in [9.17, 15) is 0 Å². The molecule has 1 atom stereocenters. The normalized spacial score (nSPS) is 18.2. The fraction of sp³-hybridized carbons (Fsp3) is 0.421. The first-order valence-electron chi connectivity index (χ1n) is 9.13. The van der Waals surface area contributed by atoms with Crippen LogP contribution in [0.15, 0.2) is 42.9 Å². The molecule has 0 spiro atoms. The van der Waals surface area contributed by atoms with Crippen molar-refractivity contribution in [2.45, 2.75) is 25.5 Å². The van der Waals surface area contributed by atoms with Crippen molar-refractivity contribution >= 4 is 16.9 Å². The van der Waals surface area contributed by atoms with Gasteiger partial charge in [-0.1, -0.05) is 30.3 Å². The Labute approximate surface area is 152 Å². The number of anilines is 1. The lowest BCUT2D eigenvalue weighted by Gasteiger charge is -2.33. The molecule has 3 heterocycles. The Morgan fingerprint density at radius 3 is 3.08 bits per heavy atom. The number of rotatable bonds is 7. The van der Waals surface area contributed by atoms with Crippen LogP contribution in [0.25, 0.3) is 11.0 Å². The number of ether oxygens (including phenoxy) is 1. The first kappa shape index (κ1) is 16.9. The minimum Gasteiger partial charge on any atom is -0.375 e. The van der Waals surface area contributed by atoms with Crippen LogP contribution in [0.2, 0.25) is 0 Å². The Balaban J connectivity index is 1.25. The second-order valence-corrected chi connectivity index (χ2v) is 6.68. The van der Waals surface area contributed by atoms with Crippen molar-refractivity contribution in [3.05, 3.63) is 48.4 Å². The van der Waals surface area contributed by atoms with Gasteiger partial charge in [0.25, 0.3) is 0 Å². The molecule has 7 heteroatoms. The highest BCUT2D eigenvalue weighted by atomic mass is 16.5. The van der Waals surface area contributed by atoms with Crippen LogP contribution in [0.3, 0.4) is 0 Å². The molecular formula is C19H24N6O. The number of fused-ring (bicyclic) bond motifs is 1. The van der Waals surface area contributed by atoms with Crippen molar-refractivity contribution in [1.82, 2.24) is 25.1 Å². The molecule has 1 unspecified atom stereocenters. The average Bonchev–Trinajstić information content (AvgIpc) is 3.16. The maximum absolute atomic E-state index is 5.83. The number of benzene rings is 1. The molecule has 1 aromatic carbocycles. The molecule has 1 fully saturated rings. The van der Waals surface area contributed by atoms with E-state index in [0.29, 0.717) is 12.6 Å². The number of piperidine rings is 1. The second-order valence-electron chi connectivity index (χ2n) is 6.68. The van der Waals surface area contributed by atoms with Crippen LogP contribution in [0.1, 0.15) is 18.4 Å². The predicted molar refractivity (Wildman–Crippen MR) is 101 cm³/mol. The summed E-state index contributed by atoms with van der Waals surface area (Å²) in [5.41, 5.74) is 1.99. The third-order valence-electron chi connectivity index (χ3n) is 4.76. The van der Waals surface area contributed by atoms with E-state index >= 15 is 0 Å². The largest absolute Gasteiger partial charge is 0.375 e. The van der Waals surface area contributed by atoms with Gasteiger partial charge in [0, 0.05) is 19.1 Å². The second kappa shape index (κ2) is 8.25. The van der Waals surface area contributed by atoms with Crippen molar-refractivity contribution in [1.29, 1.82) is 0 Å². The number of nitrogens with zero attached hydrogens (tertiary/aromatic N) is 4. The number of likely N-dealkylation sites (tertiary alicyclic amines) is 1.